The fourth-order valence-corrected chi connectivity index (χ4v) is 2.28. The second kappa shape index (κ2) is 7.27. The summed E-state index contributed by atoms with van der Waals surface area (Å²) in [7, 11) is 0. The zero-order chi connectivity index (χ0) is 15.2. The van der Waals surface area contributed by atoms with Gasteiger partial charge in [-0.2, -0.15) is 0 Å². The predicted molar refractivity (Wildman–Crippen MR) is 77.5 cm³/mol. The van der Waals surface area contributed by atoms with E-state index in [0.717, 1.165) is 12.5 Å². The molecule has 2 aromatic carbocycles. The van der Waals surface area contributed by atoms with Gasteiger partial charge in [0.1, 0.15) is 17.5 Å². The molecule has 1 nitrogen and oxygen atoms in total. The van der Waals surface area contributed by atoms with Crippen LogP contribution >= 0.6 is 0 Å². The summed E-state index contributed by atoms with van der Waals surface area (Å²) in [5.74, 6) is -1.54. The number of benzene rings is 2. The molecule has 2 rings (SSSR count). The van der Waals surface area contributed by atoms with Gasteiger partial charge in [-0.25, -0.2) is 13.2 Å². The molecule has 0 saturated heterocycles. The van der Waals surface area contributed by atoms with Gasteiger partial charge in [0.25, 0.3) is 0 Å². The smallest absolute Gasteiger partial charge is 0.129 e. The molecule has 1 unspecified atom stereocenters. The molecule has 0 saturated carbocycles. The maximum atomic E-state index is 13.9. The quantitative estimate of drug-likeness (QED) is 0.833. The molecule has 0 aliphatic carbocycles. The van der Waals surface area contributed by atoms with E-state index in [2.05, 4.69) is 5.32 Å². The van der Waals surface area contributed by atoms with Crippen molar-refractivity contribution in [1.82, 2.24) is 5.32 Å². The molecule has 0 radical (unpaired) electrons. The van der Waals surface area contributed by atoms with Gasteiger partial charge < -0.3 is 5.32 Å². The highest BCUT2D eigenvalue weighted by Gasteiger charge is 2.17. The lowest BCUT2D eigenvalue weighted by Gasteiger charge is -2.20. The lowest BCUT2D eigenvalue weighted by Crippen LogP contribution is -2.25. The van der Waals surface area contributed by atoms with Gasteiger partial charge in [-0.3, -0.25) is 0 Å². The average Bonchev–Trinajstić information content (AvgIpc) is 2.46. The van der Waals surface area contributed by atoms with Crippen LogP contribution in [-0.4, -0.2) is 6.54 Å². The number of rotatable bonds is 6. The first-order valence-electron chi connectivity index (χ1n) is 7.03. The minimum atomic E-state index is -0.611. The number of hydrogen-bond donors (Lipinski definition) is 1. The Hall–Kier alpha value is -1.81. The van der Waals surface area contributed by atoms with Crippen LogP contribution in [0.25, 0.3) is 0 Å². The largest absolute Gasteiger partial charge is 0.310 e. The van der Waals surface area contributed by atoms with Gasteiger partial charge in [0, 0.05) is 17.7 Å². The van der Waals surface area contributed by atoms with Crippen molar-refractivity contribution in [2.75, 3.05) is 6.54 Å². The van der Waals surface area contributed by atoms with Crippen molar-refractivity contribution in [1.29, 1.82) is 0 Å². The molecule has 0 amide bonds. The Morgan fingerprint density at radius 1 is 1.00 bits per heavy atom. The summed E-state index contributed by atoms with van der Waals surface area (Å²) in [5.41, 5.74) is 0.864. The van der Waals surface area contributed by atoms with Crippen LogP contribution in [0.3, 0.4) is 0 Å². The summed E-state index contributed by atoms with van der Waals surface area (Å²) in [6, 6.07) is 9.58. The van der Waals surface area contributed by atoms with Crippen LogP contribution in [0.2, 0.25) is 0 Å². The lowest BCUT2D eigenvalue weighted by atomic mass is 9.98. The first-order valence-corrected chi connectivity index (χ1v) is 7.03. The highest BCUT2D eigenvalue weighted by molar-refractivity contribution is 5.26. The van der Waals surface area contributed by atoms with E-state index in [0.29, 0.717) is 17.7 Å². The minimum Gasteiger partial charge on any atom is -0.310 e. The van der Waals surface area contributed by atoms with Crippen LogP contribution in [0, 0.1) is 17.5 Å². The Bertz CT molecular complexity index is 598. The summed E-state index contributed by atoms with van der Waals surface area (Å²) in [6.45, 7) is 2.70. The van der Waals surface area contributed by atoms with Gasteiger partial charge in [-0.15, -0.1) is 0 Å². The maximum absolute atomic E-state index is 13.9. The van der Waals surface area contributed by atoms with Crippen LogP contribution in [0.4, 0.5) is 13.2 Å². The zero-order valence-electron chi connectivity index (χ0n) is 11.9. The molecule has 0 bridgehead atoms. The maximum Gasteiger partial charge on any atom is 0.129 e. The van der Waals surface area contributed by atoms with E-state index in [9.17, 15) is 13.2 Å². The second-order valence-electron chi connectivity index (χ2n) is 4.97. The third kappa shape index (κ3) is 4.08. The molecule has 0 aliphatic rings. The van der Waals surface area contributed by atoms with Crippen LogP contribution < -0.4 is 5.32 Å². The molecule has 2 aromatic rings. The third-order valence-corrected chi connectivity index (χ3v) is 3.36. The van der Waals surface area contributed by atoms with Crippen LogP contribution in [-0.2, 0) is 6.42 Å². The average molecular weight is 293 g/mol. The Balaban J connectivity index is 2.26. The van der Waals surface area contributed by atoms with Gasteiger partial charge in [0.2, 0.25) is 0 Å². The van der Waals surface area contributed by atoms with E-state index in [1.165, 1.54) is 18.2 Å². The lowest BCUT2D eigenvalue weighted by molar-refractivity contribution is 0.484. The molecule has 21 heavy (non-hydrogen) atoms. The van der Waals surface area contributed by atoms with Crippen LogP contribution in [0.5, 0.6) is 0 Å². The highest BCUT2D eigenvalue weighted by atomic mass is 19.1. The number of halogens is 3. The normalized spacial score (nSPS) is 12.4. The van der Waals surface area contributed by atoms with Crippen molar-refractivity contribution < 1.29 is 13.2 Å². The monoisotopic (exact) mass is 293 g/mol. The summed E-state index contributed by atoms with van der Waals surface area (Å²) < 4.78 is 40.7. The van der Waals surface area contributed by atoms with E-state index < -0.39 is 11.6 Å². The first kappa shape index (κ1) is 15.6. The van der Waals surface area contributed by atoms with Gasteiger partial charge in [-0.05, 0) is 37.1 Å². The summed E-state index contributed by atoms with van der Waals surface area (Å²) in [4.78, 5) is 0. The molecule has 0 fully saturated rings. The van der Waals surface area contributed by atoms with E-state index in [1.54, 1.807) is 18.2 Å². The van der Waals surface area contributed by atoms with Gasteiger partial charge in [0.15, 0.2) is 0 Å². The van der Waals surface area contributed by atoms with Gasteiger partial charge in [0.05, 0.1) is 0 Å². The van der Waals surface area contributed by atoms with Gasteiger partial charge >= 0.3 is 0 Å². The third-order valence-electron chi connectivity index (χ3n) is 3.36. The summed E-state index contributed by atoms with van der Waals surface area (Å²) in [5, 5.41) is 3.22. The fraction of sp³-hybridized carbons (Fsp3) is 0.294. The van der Waals surface area contributed by atoms with Gasteiger partial charge in [-0.1, -0.05) is 31.2 Å². The Morgan fingerprint density at radius 3 is 2.43 bits per heavy atom. The van der Waals surface area contributed by atoms with E-state index in [4.69, 9.17) is 0 Å². The SMILES string of the molecule is CCCNC(Cc1ccc(F)cc1F)c1ccccc1F. The molecule has 1 N–H and O–H groups in total. The van der Waals surface area contributed by atoms with Crippen molar-refractivity contribution in [3.05, 3.63) is 71.0 Å². The Labute approximate surface area is 122 Å². The highest BCUT2D eigenvalue weighted by Crippen LogP contribution is 2.23. The number of nitrogens with one attached hydrogen (secondary N) is 1. The first-order chi connectivity index (χ1) is 10.1. The summed E-state index contributed by atoms with van der Waals surface area (Å²) >= 11 is 0. The minimum absolute atomic E-state index is 0.271. The Kier molecular flexibility index (Phi) is 5.39. The van der Waals surface area contributed by atoms with Crippen molar-refractivity contribution in [2.45, 2.75) is 25.8 Å². The molecule has 0 aromatic heterocycles. The van der Waals surface area contributed by atoms with Crippen molar-refractivity contribution in [3.8, 4) is 0 Å². The molecule has 0 aliphatic heterocycles. The molecule has 0 heterocycles. The molecule has 0 spiro atoms. The van der Waals surface area contributed by atoms with Crippen LogP contribution in [0.1, 0.15) is 30.5 Å². The van der Waals surface area contributed by atoms with E-state index >= 15 is 0 Å². The fourth-order valence-electron chi connectivity index (χ4n) is 2.28. The second-order valence-corrected chi connectivity index (χ2v) is 4.97. The molecule has 4 heteroatoms. The van der Waals surface area contributed by atoms with E-state index in [1.807, 2.05) is 6.92 Å². The Morgan fingerprint density at radius 2 is 1.76 bits per heavy atom. The van der Waals surface area contributed by atoms with Crippen molar-refractivity contribution in [3.63, 3.8) is 0 Å². The van der Waals surface area contributed by atoms with Crippen LogP contribution in [0.15, 0.2) is 42.5 Å². The van der Waals surface area contributed by atoms with Crippen molar-refractivity contribution >= 4 is 0 Å². The van der Waals surface area contributed by atoms with E-state index in [-0.39, 0.29) is 18.3 Å². The standard InChI is InChI=1S/C17H18F3N/c1-2-9-21-17(14-5-3-4-6-15(14)19)10-12-7-8-13(18)11-16(12)20/h3-8,11,17,21H,2,9-10H2,1H3. The molecular formula is C17H18F3N. The number of hydrogen-bond acceptors (Lipinski definition) is 1. The topological polar surface area (TPSA) is 12.0 Å². The summed E-state index contributed by atoms with van der Waals surface area (Å²) in [6.07, 6.45) is 1.16. The molecule has 112 valence electrons. The molecule has 1 atom stereocenters. The zero-order valence-corrected chi connectivity index (χ0v) is 11.9. The predicted octanol–water partition coefficient (Wildman–Crippen LogP) is 4.39. The van der Waals surface area contributed by atoms with Crippen molar-refractivity contribution in [2.24, 2.45) is 0 Å². The molecular weight excluding hydrogens is 275 g/mol.